The van der Waals surface area contributed by atoms with Crippen LogP contribution in [0, 0.1) is 0 Å². The summed E-state index contributed by atoms with van der Waals surface area (Å²) in [6.45, 7) is 2.11. The number of hydrogen-bond acceptors (Lipinski definition) is 5. The molecule has 7 nitrogen and oxygen atoms in total. The molecular weight excluding hydrogens is 280 g/mol. The summed E-state index contributed by atoms with van der Waals surface area (Å²) in [4.78, 5) is 8.48. The number of rotatable bonds is 5. The quantitative estimate of drug-likeness (QED) is 0.351. The molecule has 1 rings (SSSR count). The lowest BCUT2D eigenvalue weighted by Gasteiger charge is -2.06. The fourth-order valence-corrected chi connectivity index (χ4v) is 2.25. The largest absolute Gasteiger partial charge is 0.394 e. The molecule has 1 aromatic heterocycles. The van der Waals surface area contributed by atoms with Gasteiger partial charge in [-0.25, -0.2) is 18.1 Å². The minimum absolute atomic E-state index is 0.0205. The highest BCUT2D eigenvalue weighted by Crippen LogP contribution is 2.18. The van der Waals surface area contributed by atoms with Gasteiger partial charge in [-0.3, -0.25) is 0 Å². The fraction of sp³-hybridized carbons (Fsp3) is 0.333. The van der Waals surface area contributed by atoms with Crippen molar-refractivity contribution in [3.63, 3.8) is 0 Å². The Morgan fingerprint density at radius 1 is 1.61 bits per heavy atom. The minimum Gasteiger partial charge on any atom is -0.394 e. The summed E-state index contributed by atoms with van der Waals surface area (Å²) in [7, 11) is -2.36. The van der Waals surface area contributed by atoms with E-state index in [2.05, 4.69) is 14.9 Å². The Balaban J connectivity index is 3.15. The molecule has 0 spiro atoms. The van der Waals surface area contributed by atoms with Gasteiger partial charge >= 0.3 is 0 Å². The standard InChI is InChI=1S/C9H13ClN4O3S/c1-3-17-14-9(11)6-4-5-7(8(10)13-6)18(15,16)12-2/h4-5,12H,3H2,1-2H3,(H2,11,14). The van der Waals surface area contributed by atoms with Gasteiger partial charge in [0.05, 0.1) is 0 Å². The summed E-state index contributed by atoms with van der Waals surface area (Å²) in [6, 6.07) is 2.69. The molecular formula is C9H13ClN4O3S. The monoisotopic (exact) mass is 292 g/mol. The Morgan fingerprint density at radius 2 is 2.28 bits per heavy atom. The van der Waals surface area contributed by atoms with Crippen LogP contribution in [0.4, 0.5) is 0 Å². The van der Waals surface area contributed by atoms with E-state index in [0.717, 1.165) is 0 Å². The zero-order valence-electron chi connectivity index (χ0n) is 9.84. The van der Waals surface area contributed by atoms with E-state index in [1.165, 1.54) is 19.2 Å². The lowest BCUT2D eigenvalue weighted by Crippen LogP contribution is -2.21. The highest BCUT2D eigenvalue weighted by Gasteiger charge is 2.17. The van der Waals surface area contributed by atoms with Gasteiger partial charge in [-0.15, -0.1) is 0 Å². The maximum Gasteiger partial charge on any atom is 0.243 e. The average Bonchev–Trinajstić information content (AvgIpc) is 2.35. The van der Waals surface area contributed by atoms with E-state index in [9.17, 15) is 8.42 Å². The average molecular weight is 293 g/mol. The third-order valence-electron chi connectivity index (χ3n) is 1.93. The second kappa shape index (κ2) is 5.98. The summed E-state index contributed by atoms with van der Waals surface area (Å²) in [5.41, 5.74) is 5.82. The van der Waals surface area contributed by atoms with E-state index in [0.29, 0.717) is 6.61 Å². The van der Waals surface area contributed by atoms with Gasteiger partial charge in [-0.1, -0.05) is 16.8 Å². The molecule has 0 aliphatic rings. The van der Waals surface area contributed by atoms with Crippen molar-refractivity contribution < 1.29 is 13.3 Å². The van der Waals surface area contributed by atoms with Crippen LogP contribution >= 0.6 is 11.6 Å². The predicted octanol–water partition coefficient (Wildman–Crippen LogP) is 0.300. The second-order valence-corrected chi connectivity index (χ2v) is 5.30. The van der Waals surface area contributed by atoms with Crippen molar-refractivity contribution in [2.45, 2.75) is 11.8 Å². The molecule has 0 fully saturated rings. The van der Waals surface area contributed by atoms with Crippen LogP contribution in [0.1, 0.15) is 12.6 Å². The van der Waals surface area contributed by atoms with Crippen LogP contribution in [-0.2, 0) is 14.9 Å². The molecule has 0 amide bonds. The Bertz CT molecular complexity index is 559. The third kappa shape index (κ3) is 3.31. The first kappa shape index (κ1) is 14.7. The molecule has 0 aliphatic heterocycles. The lowest BCUT2D eigenvalue weighted by molar-refractivity contribution is 0.158. The number of sulfonamides is 1. The van der Waals surface area contributed by atoms with Crippen LogP contribution in [0.3, 0.4) is 0 Å². The summed E-state index contributed by atoms with van der Waals surface area (Å²) in [5.74, 6) is 0.0205. The highest BCUT2D eigenvalue weighted by molar-refractivity contribution is 7.89. The zero-order valence-corrected chi connectivity index (χ0v) is 11.4. The number of nitrogens with two attached hydrogens (primary N) is 1. The van der Waals surface area contributed by atoms with Crippen LogP contribution in [0.5, 0.6) is 0 Å². The number of halogens is 1. The molecule has 0 saturated carbocycles. The Kier molecular flexibility index (Phi) is 4.88. The normalized spacial score (nSPS) is 12.5. The van der Waals surface area contributed by atoms with Crippen molar-refractivity contribution in [2.24, 2.45) is 10.9 Å². The fourth-order valence-electron chi connectivity index (χ4n) is 1.06. The molecule has 0 aromatic carbocycles. The van der Waals surface area contributed by atoms with Gasteiger partial charge in [-0.05, 0) is 26.1 Å². The molecule has 0 radical (unpaired) electrons. The van der Waals surface area contributed by atoms with Gasteiger partial charge in [-0.2, -0.15) is 0 Å². The predicted molar refractivity (Wildman–Crippen MR) is 67.8 cm³/mol. The Labute approximate surface area is 110 Å². The number of oxime groups is 1. The maximum absolute atomic E-state index is 11.6. The van der Waals surface area contributed by atoms with E-state index in [1.54, 1.807) is 6.92 Å². The van der Waals surface area contributed by atoms with Crippen LogP contribution in [0.15, 0.2) is 22.2 Å². The van der Waals surface area contributed by atoms with Crippen molar-refractivity contribution in [3.8, 4) is 0 Å². The topological polar surface area (TPSA) is 107 Å². The van der Waals surface area contributed by atoms with E-state index < -0.39 is 10.0 Å². The minimum atomic E-state index is -3.64. The van der Waals surface area contributed by atoms with Gasteiger partial charge in [0, 0.05) is 0 Å². The summed E-state index contributed by atoms with van der Waals surface area (Å²) < 4.78 is 25.2. The van der Waals surface area contributed by atoms with Crippen LogP contribution in [0.2, 0.25) is 5.15 Å². The second-order valence-electron chi connectivity index (χ2n) is 3.09. The molecule has 9 heteroatoms. The van der Waals surface area contributed by atoms with Crippen molar-refractivity contribution in [3.05, 3.63) is 23.0 Å². The van der Waals surface area contributed by atoms with Crippen molar-refractivity contribution >= 4 is 27.5 Å². The zero-order chi connectivity index (χ0) is 13.8. The molecule has 18 heavy (non-hydrogen) atoms. The first-order chi connectivity index (χ1) is 8.42. The van der Waals surface area contributed by atoms with Gasteiger partial charge in [0.25, 0.3) is 0 Å². The number of hydrogen-bond donors (Lipinski definition) is 2. The van der Waals surface area contributed by atoms with Crippen LogP contribution < -0.4 is 10.5 Å². The lowest BCUT2D eigenvalue weighted by atomic mass is 10.3. The number of nitrogens with zero attached hydrogens (tertiary/aromatic N) is 2. The molecule has 0 bridgehead atoms. The summed E-state index contributed by atoms with van der Waals surface area (Å²) in [6.07, 6.45) is 0. The van der Waals surface area contributed by atoms with Crippen molar-refractivity contribution in [1.82, 2.24) is 9.71 Å². The van der Waals surface area contributed by atoms with Crippen LogP contribution in [-0.4, -0.2) is 32.9 Å². The smallest absolute Gasteiger partial charge is 0.243 e. The van der Waals surface area contributed by atoms with Crippen LogP contribution in [0.25, 0.3) is 0 Å². The SMILES string of the molecule is CCO/N=C(\N)c1ccc(S(=O)(=O)NC)c(Cl)n1. The van der Waals surface area contributed by atoms with Crippen molar-refractivity contribution in [1.29, 1.82) is 0 Å². The molecule has 0 unspecified atom stereocenters. The summed E-state index contributed by atoms with van der Waals surface area (Å²) >= 11 is 5.79. The first-order valence-electron chi connectivity index (χ1n) is 4.98. The van der Waals surface area contributed by atoms with E-state index in [-0.39, 0.29) is 21.6 Å². The highest BCUT2D eigenvalue weighted by atomic mass is 35.5. The van der Waals surface area contributed by atoms with Gasteiger partial charge < -0.3 is 10.6 Å². The van der Waals surface area contributed by atoms with Gasteiger partial charge in [0.2, 0.25) is 10.0 Å². The summed E-state index contributed by atoms with van der Waals surface area (Å²) in [5, 5.41) is 3.39. The Hall–Kier alpha value is -1.38. The molecule has 100 valence electrons. The number of amidine groups is 1. The van der Waals surface area contributed by atoms with Gasteiger partial charge in [0.1, 0.15) is 22.3 Å². The molecule has 3 N–H and O–H groups in total. The maximum atomic E-state index is 11.6. The molecule has 0 atom stereocenters. The van der Waals surface area contributed by atoms with E-state index >= 15 is 0 Å². The van der Waals surface area contributed by atoms with Gasteiger partial charge in [0.15, 0.2) is 5.84 Å². The molecule has 1 heterocycles. The Morgan fingerprint density at radius 3 is 2.78 bits per heavy atom. The first-order valence-corrected chi connectivity index (χ1v) is 6.84. The van der Waals surface area contributed by atoms with E-state index in [1.807, 2.05) is 0 Å². The third-order valence-corrected chi connectivity index (χ3v) is 3.77. The molecule has 0 aliphatic carbocycles. The molecule has 1 aromatic rings. The van der Waals surface area contributed by atoms with E-state index in [4.69, 9.17) is 22.2 Å². The number of aromatic nitrogens is 1. The number of pyridine rings is 1. The van der Waals surface area contributed by atoms with Crippen molar-refractivity contribution in [2.75, 3.05) is 13.7 Å². The molecule has 0 saturated heterocycles. The number of nitrogens with one attached hydrogen (secondary N) is 1.